The van der Waals surface area contributed by atoms with Gasteiger partial charge in [0.05, 0.1) is 6.54 Å². The molecule has 1 atom stereocenters. The van der Waals surface area contributed by atoms with Crippen molar-refractivity contribution < 1.29 is 9.59 Å². The number of pyridine rings is 1. The largest absolute Gasteiger partial charge is 0.360 e. The fourth-order valence-electron chi connectivity index (χ4n) is 3.26. The second kappa shape index (κ2) is 7.48. The summed E-state index contributed by atoms with van der Waals surface area (Å²) >= 11 is 0. The zero-order valence-corrected chi connectivity index (χ0v) is 14.0. The highest BCUT2D eigenvalue weighted by molar-refractivity contribution is 5.98. The van der Waals surface area contributed by atoms with E-state index in [1.54, 1.807) is 23.1 Å². The molecule has 1 aromatic carbocycles. The molecule has 3 rings (SSSR count). The summed E-state index contributed by atoms with van der Waals surface area (Å²) in [5.41, 5.74) is 6.04. The van der Waals surface area contributed by atoms with Crippen LogP contribution in [0.2, 0.25) is 0 Å². The van der Waals surface area contributed by atoms with E-state index in [4.69, 9.17) is 5.73 Å². The lowest BCUT2D eigenvalue weighted by Gasteiger charge is -2.35. The molecular weight excluding hydrogens is 320 g/mol. The van der Waals surface area contributed by atoms with Gasteiger partial charge >= 0.3 is 0 Å². The molecule has 7 heteroatoms. The summed E-state index contributed by atoms with van der Waals surface area (Å²) in [6.45, 7) is 0.943. The van der Waals surface area contributed by atoms with E-state index in [0.717, 1.165) is 19.3 Å². The van der Waals surface area contributed by atoms with Crippen LogP contribution in [0.15, 0.2) is 35.3 Å². The number of carbonyl (C=O) groups excluding carboxylic acids is 2. The molecule has 2 amide bonds. The topological polar surface area (TPSA) is 108 Å². The van der Waals surface area contributed by atoms with E-state index < -0.39 is 5.91 Å². The Morgan fingerprint density at radius 3 is 2.88 bits per heavy atom. The standard InChI is InChI=1S/C18H22N4O3/c19-9-12-5-3-4-8-22(12)16(23)11-21-18(25)14-10-20-15-7-2-1-6-13(15)17(14)24/h1-2,6-7,10,12H,3-5,8-9,11,19H2,(H,20,24)(H,21,25). The Balaban J connectivity index is 1.69. The number of nitrogens with zero attached hydrogens (tertiary/aromatic N) is 1. The molecule has 1 aliphatic rings. The van der Waals surface area contributed by atoms with Gasteiger partial charge in [0.15, 0.2) is 0 Å². The predicted molar refractivity (Wildman–Crippen MR) is 95.3 cm³/mol. The highest BCUT2D eigenvalue weighted by Gasteiger charge is 2.25. The highest BCUT2D eigenvalue weighted by atomic mass is 16.2. The van der Waals surface area contributed by atoms with E-state index in [2.05, 4.69) is 10.3 Å². The zero-order valence-electron chi connectivity index (χ0n) is 14.0. The van der Waals surface area contributed by atoms with Crippen LogP contribution < -0.4 is 16.5 Å². The van der Waals surface area contributed by atoms with Crippen LogP contribution >= 0.6 is 0 Å². The third-order valence-corrected chi connectivity index (χ3v) is 4.65. The summed E-state index contributed by atoms with van der Waals surface area (Å²) in [4.78, 5) is 41.8. The molecular formula is C18H22N4O3. The number of carbonyl (C=O) groups is 2. The van der Waals surface area contributed by atoms with E-state index >= 15 is 0 Å². The third kappa shape index (κ3) is 3.56. The second-order valence-corrected chi connectivity index (χ2v) is 6.23. The van der Waals surface area contributed by atoms with E-state index in [0.29, 0.717) is 24.0 Å². The van der Waals surface area contributed by atoms with Crippen molar-refractivity contribution in [2.75, 3.05) is 19.6 Å². The maximum Gasteiger partial charge on any atom is 0.257 e. The number of rotatable bonds is 4. The molecule has 2 heterocycles. The Bertz CT molecular complexity index is 846. The predicted octanol–water partition coefficient (Wildman–Crippen LogP) is 0.598. The lowest BCUT2D eigenvalue weighted by atomic mass is 10.0. The summed E-state index contributed by atoms with van der Waals surface area (Å²) in [7, 11) is 0. The minimum absolute atomic E-state index is 0.000481. The van der Waals surface area contributed by atoms with E-state index in [9.17, 15) is 14.4 Å². The smallest absolute Gasteiger partial charge is 0.257 e. The van der Waals surface area contributed by atoms with E-state index in [-0.39, 0.29) is 29.5 Å². The molecule has 1 unspecified atom stereocenters. The SMILES string of the molecule is NCC1CCCCN1C(=O)CNC(=O)c1c[nH]c2ccccc2c1=O. The molecule has 132 valence electrons. The number of aromatic nitrogens is 1. The first-order valence-electron chi connectivity index (χ1n) is 8.50. The number of nitrogens with one attached hydrogen (secondary N) is 2. The van der Waals surface area contributed by atoms with Crippen LogP contribution in [-0.2, 0) is 4.79 Å². The minimum Gasteiger partial charge on any atom is -0.360 e. The molecule has 1 aliphatic heterocycles. The van der Waals surface area contributed by atoms with Crippen molar-refractivity contribution in [3.05, 3.63) is 46.2 Å². The van der Waals surface area contributed by atoms with Gasteiger partial charge < -0.3 is 20.9 Å². The van der Waals surface area contributed by atoms with Gasteiger partial charge in [-0.1, -0.05) is 12.1 Å². The summed E-state index contributed by atoms with van der Waals surface area (Å²) in [6.07, 6.45) is 4.28. The molecule has 0 bridgehead atoms. The number of nitrogens with two attached hydrogens (primary N) is 1. The number of fused-ring (bicyclic) bond motifs is 1. The van der Waals surface area contributed by atoms with Crippen LogP contribution in [0.1, 0.15) is 29.6 Å². The number of H-pyrrole nitrogens is 1. The van der Waals surface area contributed by atoms with Crippen molar-refractivity contribution in [2.24, 2.45) is 5.73 Å². The molecule has 1 fully saturated rings. The molecule has 0 radical (unpaired) electrons. The van der Waals surface area contributed by atoms with E-state index in [1.807, 2.05) is 6.07 Å². The monoisotopic (exact) mass is 342 g/mol. The Kier molecular flexibility index (Phi) is 5.14. The van der Waals surface area contributed by atoms with Gasteiger partial charge in [-0.05, 0) is 31.4 Å². The normalized spacial score (nSPS) is 17.5. The lowest BCUT2D eigenvalue weighted by molar-refractivity contribution is -0.133. The van der Waals surface area contributed by atoms with Crippen LogP contribution in [0, 0.1) is 0 Å². The average Bonchev–Trinajstić information content (AvgIpc) is 2.66. The third-order valence-electron chi connectivity index (χ3n) is 4.65. The second-order valence-electron chi connectivity index (χ2n) is 6.23. The van der Waals surface area contributed by atoms with Gasteiger partial charge in [0, 0.05) is 36.2 Å². The Morgan fingerprint density at radius 2 is 2.08 bits per heavy atom. The summed E-state index contributed by atoms with van der Waals surface area (Å²) in [5, 5.41) is 3.00. The highest BCUT2D eigenvalue weighted by Crippen LogP contribution is 2.16. The van der Waals surface area contributed by atoms with E-state index in [1.165, 1.54) is 6.20 Å². The molecule has 1 aromatic heterocycles. The van der Waals surface area contributed by atoms with Gasteiger partial charge in [0.25, 0.3) is 5.91 Å². The van der Waals surface area contributed by atoms with Crippen molar-refractivity contribution >= 4 is 22.7 Å². The van der Waals surface area contributed by atoms with Crippen molar-refractivity contribution in [3.63, 3.8) is 0 Å². The Morgan fingerprint density at radius 1 is 1.28 bits per heavy atom. The summed E-state index contributed by atoms with van der Waals surface area (Å²) in [6, 6.07) is 7.01. The van der Waals surface area contributed by atoms with Gasteiger partial charge in [-0.25, -0.2) is 0 Å². The van der Waals surface area contributed by atoms with Crippen molar-refractivity contribution in [2.45, 2.75) is 25.3 Å². The fourth-order valence-corrected chi connectivity index (χ4v) is 3.26. The maximum absolute atomic E-state index is 12.4. The summed E-state index contributed by atoms with van der Waals surface area (Å²) in [5.74, 6) is -0.720. The average molecular weight is 342 g/mol. The molecule has 2 aromatic rings. The molecule has 0 spiro atoms. The Hall–Kier alpha value is -2.67. The molecule has 1 saturated heterocycles. The van der Waals surface area contributed by atoms with Gasteiger partial charge in [-0.3, -0.25) is 14.4 Å². The van der Waals surface area contributed by atoms with Gasteiger partial charge in [0.1, 0.15) is 5.56 Å². The fraction of sp³-hybridized carbons (Fsp3) is 0.389. The number of benzene rings is 1. The molecule has 0 aliphatic carbocycles. The number of hydrogen-bond donors (Lipinski definition) is 3. The molecule has 7 nitrogen and oxygen atoms in total. The van der Waals surface area contributed by atoms with Crippen LogP contribution in [0.25, 0.3) is 10.9 Å². The van der Waals surface area contributed by atoms with Gasteiger partial charge in [0.2, 0.25) is 11.3 Å². The van der Waals surface area contributed by atoms with Crippen LogP contribution in [0.3, 0.4) is 0 Å². The molecule has 4 N–H and O–H groups in total. The number of aromatic amines is 1. The van der Waals surface area contributed by atoms with Crippen LogP contribution in [0.4, 0.5) is 0 Å². The minimum atomic E-state index is -0.554. The number of para-hydroxylation sites is 1. The molecule has 25 heavy (non-hydrogen) atoms. The quantitative estimate of drug-likeness (QED) is 0.756. The molecule has 0 saturated carbocycles. The first-order valence-corrected chi connectivity index (χ1v) is 8.50. The van der Waals surface area contributed by atoms with Crippen molar-refractivity contribution in [1.82, 2.24) is 15.2 Å². The zero-order chi connectivity index (χ0) is 17.8. The first-order chi connectivity index (χ1) is 12.1. The van der Waals surface area contributed by atoms with Crippen molar-refractivity contribution in [3.8, 4) is 0 Å². The lowest BCUT2D eigenvalue weighted by Crippen LogP contribution is -2.50. The van der Waals surface area contributed by atoms with Crippen LogP contribution in [0.5, 0.6) is 0 Å². The number of piperidine rings is 1. The van der Waals surface area contributed by atoms with Crippen molar-refractivity contribution in [1.29, 1.82) is 0 Å². The number of amides is 2. The van der Waals surface area contributed by atoms with Gasteiger partial charge in [-0.2, -0.15) is 0 Å². The number of hydrogen-bond acceptors (Lipinski definition) is 4. The summed E-state index contributed by atoms with van der Waals surface area (Å²) < 4.78 is 0. The van der Waals surface area contributed by atoms with Crippen LogP contribution in [-0.4, -0.2) is 47.4 Å². The maximum atomic E-state index is 12.4. The number of likely N-dealkylation sites (tertiary alicyclic amines) is 1. The first kappa shape index (κ1) is 17.2. The van der Waals surface area contributed by atoms with Gasteiger partial charge in [-0.15, -0.1) is 0 Å². The Labute approximate surface area is 145 Å².